The first-order valence-corrected chi connectivity index (χ1v) is 5.87. The SMILES string of the molecule is c1ccc(OC2CC3CCN2CC3)cc1. The fraction of sp³-hybridized carbons (Fsp3) is 0.538. The number of nitrogens with zero attached hydrogens (tertiary/aromatic N) is 1. The van der Waals surface area contributed by atoms with Gasteiger partial charge in [-0.25, -0.2) is 0 Å². The van der Waals surface area contributed by atoms with E-state index in [1.54, 1.807) is 0 Å². The summed E-state index contributed by atoms with van der Waals surface area (Å²) in [4.78, 5) is 2.48. The van der Waals surface area contributed by atoms with Crippen LogP contribution >= 0.6 is 0 Å². The first-order chi connectivity index (χ1) is 7.42. The third-order valence-corrected chi connectivity index (χ3v) is 3.61. The molecule has 0 aliphatic carbocycles. The van der Waals surface area contributed by atoms with Crippen LogP contribution in [0.15, 0.2) is 30.3 Å². The lowest BCUT2D eigenvalue weighted by Crippen LogP contribution is -2.51. The van der Waals surface area contributed by atoms with Gasteiger partial charge in [-0.05, 0) is 30.9 Å². The topological polar surface area (TPSA) is 12.5 Å². The zero-order valence-electron chi connectivity index (χ0n) is 8.93. The fourth-order valence-electron chi connectivity index (χ4n) is 2.69. The van der Waals surface area contributed by atoms with Gasteiger partial charge in [-0.15, -0.1) is 0 Å². The van der Waals surface area contributed by atoms with Crippen molar-refractivity contribution in [2.75, 3.05) is 13.1 Å². The summed E-state index contributed by atoms with van der Waals surface area (Å²) in [5, 5.41) is 0. The van der Waals surface area contributed by atoms with Crippen LogP contribution in [0.5, 0.6) is 5.75 Å². The molecule has 80 valence electrons. The van der Waals surface area contributed by atoms with Crippen molar-refractivity contribution in [3.8, 4) is 5.75 Å². The Bertz CT molecular complexity index is 317. The van der Waals surface area contributed by atoms with E-state index >= 15 is 0 Å². The van der Waals surface area contributed by atoms with Crippen molar-refractivity contribution < 1.29 is 4.74 Å². The highest BCUT2D eigenvalue weighted by molar-refractivity contribution is 5.21. The fourth-order valence-corrected chi connectivity index (χ4v) is 2.69. The van der Waals surface area contributed by atoms with Gasteiger partial charge in [-0.2, -0.15) is 0 Å². The molecule has 0 amide bonds. The second-order valence-electron chi connectivity index (χ2n) is 4.60. The Morgan fingerprint density at radius 2 is 1.80 bits per heavy atom. The van der Waals surface area contributed by atoms with E-state index in [9.17, 15) is 0 Å². The Hall–Kier alpha value is -1.02. The lowest BCUT2D eigenvalue weighted by atomic mass is 9.87. The number of rotatable bonds is 2. The number of hydrogen-bond acceptors (Lipinski definition) is 2. The Morgan fingerprint density at radius 3 is 2.40 bits per heavy atom. The number of hydrogen-bond donors (Lipinski definition) is 0. The molecule has 0 spiro atoms. The predicted octanol–water partition coefficient (Wildman–Crippen LogP) is 2.51. The molecule has 3 aliphatic heterocycles. The van der Waals surface area contributed by atoms with E-state index < -0.39 is 0 Å². The van der Waals surface area contributed by atoms with Gasteiger partial charge >= 0.3 is 0 Å². The highest BCUT2D eigenvalue weighted by Gasteiger charge is 2.34. The maximum atomic E-state index is 6.02. The summed E-state index contributed by atoms with van der Waals surface area (Å²) in [6.45, 7) is 2.45. The second kappa shape index (κ2) is 3.86. The molecule has 1 atom stereocenters. The summed E-state index contributed by atoms with van der Waals surface area (Å²) in [5.74, 6) is 1.92. The molecular formula is C13H17NO. The molecule has 1 unspecified atom stereocenters. The minimum atomic E-state index is 0.333. The smallest absolute Gasteiger partial charge is 0.152 e. The first-order valence-electron chi connectivity index (χ1n) is 5.87. The molecule has 0 aromatic heterocycles. The molecule has 0 N–H and O–H groups in total. The maximum absolute atomic E-state index is 6.02. The van der Waals surface area contributed by atoms with Crippen molar-refractivity contribution >= 4 is 0 Å². The molecule has 1 aromatic carbocycles. The van der Waals surface area contributed by atoms with E-state index in [0.717, 1.165) is 11.7 Å². The summed E-state index contributed by atoms with van der Waals surface area (Å²) in [6.07, 6.45) is 4.29. The molecule has 2 nitrogen and oxygen atoms in total. The van der Waals surface area contributed by atoms with Crippen molar-refractivity contribution in [1.29, 1.82) is 0 Å². The molecule has 0 radical (unpaired) electrons. The van der Waals surface area contributed by atoms with E-state index in [1.165, 1.54) is 32.4 Å². The summed E-state index contributed by atoms with van der Waals surface area (Å²) < 4.78 is 6.02. The lowest BCUT2D eigenvalue weighted by molar-refractivity contribution is -0.0605. The number of ether oxygens (including phenoxy) is 1. The van der Waals surface area contributed by atoms with Crippen LogP contribution in [0, 0.1) is 5.92 Å². The largest absolute Gasteiger partial charge is 0.475 e. The minimum absolute atomic E-state index is 0.333. The zero-order valence-corrected chi connectivity index (χ0v) is 8.93. The van der Waals surface area contributed by atoms with Crippen LogP contribution in [-0.2, 0) is 0 Å². The van der Waals surface area contributed by atoms with Crippen molar-refractivity contribution in [2.24, 2.45) is 5.92 Å². The van der Waals surface area contributed by atoms with Gasteiger partial charge in [0.05, 0.1) is 0 Å². The van der Waals surface area contributed by atoms with E-state index in [0.29, 0.717) is 6.23 Å². The molecular weight excluding hydrogens is 186 g/mol. The van der Waals surface area contributed by atoms with Crippen molar-refractivity contribution in [3.05, 3.63) is 30.3 Å². The Kier molecular flexibility index (Phi) is 2.37. The van der Waals surface area contributed by atoms with Crippen LogP contribution in [0.4, 0.5) is 0 Å². The van der Waals surface area contributed by atoms with Gasteiger partial charge < -0.3 is 4.74 Å². The normalized spacial score (nSPS) is 34.0. The van der Waals surface area contributed by atoms with Crippen LogP contribution in [-0.4, -0.2) is 24.2 Å². The van der Waals surface area contributed by atoms with Crippen LogP contribution < -0.4 is 4.74 Å². The van der Waals surface area contributed by atoms with Crippen molar-refractivity contribution in [1.82, 2.24) is 4.90 Å². The third kappa shape index (κ3) is 1.86. The van der Waals surface area contributed by atoms with Crippen molar-refractivity contribution in [3.63, 3.8) is 0 Å². The minimum Gasteiger partial charge on any atom is -0.475 e. The molecule has 3 fully saturated rings. The summed E-state index contributed by atoms with van der Waals surface area (Å²) in [5.41, 5.74) is 0. The maximum Gasteiger partial charge on any atom is 0.152 e. The highest BCUT2D eigenvalue weighted by Crippen LogP contribution is 2.32. The standard InChI is InChI=1S/C13H17NO/c1-2-4-12(5-3-1)15-13-10-11-6-8-14(13)9-7-11/h1-5,11,13H,6-10H2. The molecule has 0 saturated carbocycles. The number of piperidine rings is 3. The first kappa shape index (κ1) is 9.22. The van der Waals surface area contributed by atoms with E-state index in [2.05, 4.69) is 4.90 Å². The highest BCUT2D eigenvalue weighted by atomic mass is 16.5. The van der Waals surface area contributed by atoms with Gasteiger partial charge in [-0.1, -0.05) is 18.2 Å². The zero-order chi connectivity index (χ0) is 10.1. The average Bonchev–Trinajstić information content (AvgIpc) is 2.32. The van der Waals surface area contributed by atoms with Gasteiger partial charge in [0.15, 0.2) is 6.23 Å². The molecule has 3 aliphatic rings. The molecule has 2 bridgehead atoms. The van der Waals surface area contributed by atoms with Crippen LogP contribution in [0.3, 0.4) is 0 Å². The van der Waals surface area contributed by atoms with Gasteiger partial charge in [0, 0.05) is 19.5 Å². The second-order valence-corrected chi connectivity index (χ2v) is 4.60. The monoisotopic (exact) mass is 203 g/mol. The van der Waals surface area contributed by atoms with Gasteiger partial charge in [-0.3, -0.25) is 4.90 Å². The quantitative estimate of drug-likeness (QED) is 0.732. The van der Waals surface area contributed by atoms with Crippen LogP contribution in [0.25, 0.3) is 0 Å². The lowest BCUT2D eigenvalue weighted by Gasteiger charge is -2.44. The van der Waals surface area contributed by atoms with Crippen molar-refractivity contribution in [2.45, 2.75) is 25.5 Å². The van der Waals surface area contributed by atoms with Gasteiger partial charge in [0.2, 0.25) is 0 Å². The van der Waals surface area contributed by atoms with Gasteiger partial charge in [0.1, 0.15) is 5.75 Å². The van der Waals surface area contributed by atoms with E-state index in [4.69, 9.17) is 4.74 Å². The molecule has 1 aromatic rings. The molecule has 3 heterocycles. The molecule has 2 heteroatoms. The summed E-state index contributed by atoms with van der Waals surface area (Å²) in [6, 6.07) is 10.2. The molecule has 15 heavy (non-hydrogen) atoms. The number of benzene rings is 1. The van der Waals surface area contributed by atoms with E-state index in [-0.39, 0.29) is 0 Å². The Morgan fingerprint density at radius 1 is 1.07 bits per heavy atom. The molecule has 4 rings (SSSR count). The summed E-state index contributed by atoms with van der Waals surface area (Å²) >= 11 is 0. The number of para-hydroxylation sites is 1. The van der Waals surface area contributed by atoms with Gasteiger partial charge in [0.25, 0.3) is 0 Å². The Labute approximate surface area is 90.8 Å². The molecule has 3 saturated heterocycles. The van der Waals surface area contributed by atoms with Crippen LogP contribution in [0.1, 0.15) is 19.3 Å². The number of fused-ring (bicyclic) bond motifs is 3. The van der Waals surface area contributed by atoms with Crippen LogP contribution in [0.2, 0.25) is 0 Å². The summed E-state index contributed by atoms with van der Waals surface area (Å²) in [7, 11) is 0. The average molecular weight is 203 g/mol. The Balaban J connectivity index is 1.69. The predicted molar refractivity (Wildman–Crippen MR) is 59.8 cm³/mol. The van der Waals surface area contributed by atoms with E-state index in [1.807, 2.05) is 30.3 Å². The third-order valence-electron chi connectivity index (χ3n) is 3.61.